The molecule has 1 unspecified atom stereocenters. The van der Waals surface area contributed by atoms with Gasteiger partial charge in [0.2, 0.25) is 0 Å². The molecule has 0 saturated heterocycles. The number of aromatic nitrogens is 1. The molecule has 0 fully saturated rings. The lowest BCUT2D eigenvalue weighted by atomic mass is 9.86. The molecule has 106 valence electrons. The largest absolute Gasteiger partial charge is 0.322 e. The molecule has 0 amide bonds. The van der Waals surface area contributed by atoms with E-state index in [-0.39, 0.29) is 17.0 Å². The van der Waals surface area contributed by atoms with Crippen LogP contribution in [0.4, 0.5) is 0 Å². The van der Waals surface area contributed by atoms with Gasteiger partial charge in [0.1, 0.15) is 0 Å². The molecule has 0 aliphatic heterocycles. The Hall–Kier alpha value is -1.87. The van der Waals surface area contributed by atoms with Crippen LogP contribution in [0.3, 0.4) is 0 Å². The number of nitrogens with zero attached hydrogens (tertiary/aromatic N) is 1. The van der Waals surface area contributed by atoms with E-state index in [4.69, 9.17) is 5.73 Å². The molecule has 0 radical (unpaired) electrons. The second kappa shape index (κ2) is 5.63. The van der Waals surface area contributed by atoms with Crippen molar-refractivity contribution >= 4 is 0 Å². The minimum absolute atomic E-state index is 0.0192. The van der Waals surface area contributed by atoms with Gasteiger partial charge in [0.25, 0.3) is 5.56 Å². The van der Waals surface area contributed by atoms with E-state index in [1.807, 2.05) is 6.07 Å². The van der Waals surface area contributed by atoms with Gasteiger partial charge in [-0.2, -0.15) is 0 Å². The Bertz CT molecular complexity index is 620. The molecule has 0 aliphatic carbocycles. The fourth-order valence-corrected chi connectivity index (χ4v) is 2.16. The van der Waals surface area contributed by atoms with Gasteiger partial charge in [-0.05, 0) is 22.6 Å². The molecular formula is C17H22N2O. The number of nitrogens with two attached hydrogens (primary N) is 1. The number of hydrogen-bond acceptors (Lipinski definition) is 2. The number of benzene rings is 1. The highest BCUT2D eigenvalue weighted by atomic mass is 16.1. The molecule has 0 bridgehead atoms. The molecule has 2 rings (SSSR count). The summed E-state index contributed by atoms with van der Waals surface area (Å²) < 4.78 is 1.64. The lowest BCUT2D eigenvalue weighted by Crippen LogP contribution is -2.25. The summed E-state index contributed by atoms with van der Waals surface area (Å²) in [4.78, 5) is 11.7. The third-order valence-corrected chi connectivity index (χ3v) is 3.50. The average molecular weight is 270 g/mol. The summed E-state index contributed by atoms with van der Waals surface area (Å²) in [5, 5.41) is 0. The van der Waals surface area contributed by atoms with Gasteiger partial charge >= 0.3 is 0 Å². The monoisotopic (exact) mass is 270 g/mol. The smallest absolute Gasteiger partial charge is 0.250 e. The summed E-state index contributed by atoms with van der Waals surface area (Å²) in [6, 6.07) is 13.3. The van der Waals surface area contributed by atoms with Crippen LogP contribution in [-0.4, -0.2) is 4.57 Å². The van der Waals surface area contributed by atoms with Crippen molar-refractivity contribution in [1.82, 2.24) is 4.57 Å². The number of rotatable bonds is 3. The Balaban J connectivity index is 2.16. The van der Waals surface area contributed by atoms with Gasteiger partial charge in [-0.1, -0.05) is 51.1 Å². The Morgan fingerprint density at radius 1 is 1.10 bits per heavy atom. The maximum atomic E-state index is 11.7. The predicted octanol–water partition coefficient (Wildman–Crippen LogP) is 2.85. The van der Waals surface area contributed by atoms with Crippen molar-refractivity contribution in [3.63, 3.8) is 0 Å². The highest BCUT2D eigenvalue weighted by molar-refractivity contribution is 5.29. The maximum Gasteiger partial charge on any atom is 0.250 e. The molecule has 3 heteroatoms. The van der Waals surface area contributed by atoms with Crippen LogP contribution in [-0.2, 0) is 12.0 Å². The Labute approximate surface area is 120 Å². The Morgan fingerprint density at radius 2 is 1.75 bits per heavy atom. The lowest BCUT2D eigenvalue weighted by Gasteiger charge is -2.20. The van der Waals surface area contributed by atoms with Crippen molar-refractivity contribution in [3.8, 4) is 0 Å². The van der Waals surface area contributed by atoms with Crippen LogP contribution in [0.25, 0.3) is 0 Å². The average Bonchev–Trinajstić information content (AvgIpc) is 2.40. The van der Waals surface area contributed by atoms with Crippen LogP contribution >= 0.6 is 0 Å². The van der Waals surface area contributed by atoms with Crippen LogP contribution in [0.5, 0.6) is 0 Å². The SMILES string of the molecule is CC(C)(C)c1ccc(C(N)Cn2ccccc2=O)cc1. The van der Waals surface area contributed by atoms with E-state index in [1.54, 1.807) is 22.9 Å². The second-order valence-corrected chi connectivity index (χ2v) is 6.17. The zero-order valence-electron chi connectivity index (χ0n) is 12.3. The summed E-state index contributed by atoms with van der Waals surface area (Å²) in [7, 11) is 0. The van der Waals surface area contributed by atoms with Gasteiger partial charge in [0, 0.05) is 24.8 Å². The van der Waals surface area contributed by atoms with Crippen molar-refractivity contribution < 1.29 is 0 Å². The summed E-state index contributed by atoms with van der Waals surface area (Å²) in [5.74, 6) is 0. The van der Waals surface area contributed by atoms with Crippen LogP contribution < -0.4 is 11.3 Å². The Morgan fingerprint density at radius 3 is 2.30 bits per heavy atom. The molecular weight excluding hydrogens is 248 g/mol. The van der Waals surface area contributed by atoms with Gasteiger partial charge in [0.15, 0.2) is 0 Å². The third-order valence-electron chi connectivity index (χ3n) is 3.50. The molecule has 1 aromatic heterocycles. The van der Waals surface area contributed by atoms with Crippen molar-refractivity contribution in [1.29, 1.82) is 0 Å². The summed E-state index contributed by atoms with van der Waals surface area (Å²) in [5.41, 5.74) is 8.65. The fraction of sp³-hybridized carbons (Fsp3) is 0.353. The van der Waals surface area contributed by atoms with Crippen LogP contribution in [0.2, 0.25) is 0 Å². The first-order valence-electron chi connectivity index (χ1n) is 6.89. The first-order valence-corrected chi connectivity index (χ1v) is 6.89. The van der Waals surface area contributed by atoms with Gasteiger partial charge in [-0.15, -0.1) is 0 Å². The van der Waals surface area contributed by atoms with Crippen molar-refractivity contribution in [2.24, 2.45) is 5.73 Å². The van der Waals surface area contributed by atoms with E-state index in [0.29, 0.717) is 6.54 Å². The maximum absolute atomic E-state index is 11.7. The molecule has 20 heavy (non-hydrogen) atoms. The lowest BCUT2D eigenvalue weighted by molar-refractivity contribution is 0.559. The zero-order chi connectivity index (χ0) is 14.8. The van der Waals surface area contributed by atoms with E-state index in [2.05, 4.69) is 45.0 Å². The second-order valence-electron chi connectivity index (χ2n) is 6.17. The van der Waals surface area contributed by atoms with E-state index >= 15 is 0 Å². The highest BCUT2D eigenvalue weighted by Gasteiger charge is 2.14. The van der Waals surface area contributed by atoms with Crippen LogP contribution in [0.1, 0.15) is 37.9 Å². The summed E-state index contributed by atoms with van der Waals surface area (Å²) in [6.45, 7) is 7.05. The van der Waals surface area contributed by atoms with Gasteiger partial charge in [-0.3, -0.25) is 4.79 Å². The van der Waals surface area contributed by atoms with E-state index in [0.717, 1.165) is 5.56 Å². The van der Waals surface area contributed by atoms with Crippen LogP contribution in [0, 0.1) is 0 Å². The van der Waals surface area contributed by atoms with Crippen LogP contribution in [0.15, 0.2) is 53.5 Å². The predicted molar refractivity (Wildman–Crippen MR) is 82.8 cm³/mol. The van der Waals surface area contributed by atoms with E-state index in [1.165, 1.54) is 5.56 Å². The summed E-state index contributed by atoms with van der Waals surface area (Å²) in [6.07, 6.45) is 1.77. The van der Waals surface area contributed by atoms with Crippen molar-refractivity contribution in [2.45, 2.75) is 38.8 Å². The molecule has 2 aromatic rings. The quantitative estimate of drug-likeness (QED) is 0.932. The molecule has 1 atom stereocenters. The molecule has 3 nitrogen and oxygen atoms in total. The fourth-order valence-electron chi connectivity index (χ4n) is 2.16. The Kier molecular flexibility index (Phi) is 4.09. The van der Waals surface area contributed by atoms with E-state index in [9.17, 15) is 4.79 Å². The third kappa shape index (κ3) is 3.36. The topological polar surface area (TPSA) is 48.0 Å². The molecule has 1 aromatic carbocycles. The highest BCUT2D eigenvalue weighted by Crippen LogP contribution is 2.23. The molecule has 1 heterocycles. The normalized spacial score (nSPS) is 13.2. The zero-order valence-corrected chi connectivity index (χ0v) is 12.3. The van der Waals surface area contributed by atoms with Gasteiger partial charge in [-0.25, -0.2) is 0 Å². The minimum Gasteiger partial charge on any atom is -0.322 e. The van der Waals surface area contributed by atoms with E-state index < -0.39 is 0 Å². The van der Waals surface area contributed by atoms with Gasteiger partial charge in [0.05, 0.1) is 0 Å². The van der Waals surface area contributed by atoms with Gasteiger partial charge < -0.3 is 10.3 Å². The minimum atomic E-state index is -0.177. The first kappa shape index (κ1) is 14.5. The molecule has 0 saturated carbocycles. The van der Waals surface area contributed by atoms with Crippen molar-refractivity contribution in [2.75, 3.05) is 0 Å². The molecule has 0 aliphatic rings. The molecule has 2 N–H and O–H groups in total. The first-order chi connectivity index (χ1) is 9.38. The summed E-state index contributed by atoms with van der Waals surface area (Å²) >= 11 is 0. The van der Waals surface area contributed by atoms with Crippen molar-refractivity contribution in [3.05, 3.63) is 70.1 Å². The molecule has 0 spiro atoms. The number of pyridine rings is 1. The standard InChI is InChI=1S/C17H22N2O/c1-17(2,3)14-9-7-13(8-10-14)15(18)12-19-11-5-4-6-16(19)20/h4-11,15H,12,18H2,1-3H3. The number of hydrogen-bond donors (Lipinski definition) is 1.